The van der Waals surface area contributed by atoms with E-state index in [1.807, 2.05) is 26.8 Å². The first-order chi connectivity index (χ1) is 10.5. The van der Waals surface area contributed by atoms with Crippen molar-refractivity contribution in [2.75, 3.05) is 32.5 Å². The van der Waals surface area contributed by atoms with Crippen molar-refractivity contribution in [1.29, 1.82) is 0 Å². The number of nitrogens with two attached hydrogens (primary N) is 1. The van der Waals surface area contributed by atoms with Crippen molar-refractivity contribution in [3.8, 4) is 0 Å². The van der Waals surface area contributed by atoms with E-state index < -0.39 is 0 Å². The highest BCUT2D eigenvalue weighted by Gasteiger charge is 2.26. The summed E-state index contributed by atoms with van der Waals surface area (Å²) >= 11 is 0. The molecule has 0 aliphatic carbocycles. The maximum atomic E-state index is 12.4. The first kappa shape index (κ1) is 16.8. The van der Waals surface area contributed by atoms with Gasteiger partial charge in [0, 0.05) is 25.3 Å². The summed E-state index contributed by atoms with van der Waals surface area (Å²) in [6.07, 6.45) is 1.04. The van der Waals surface area contributed by atoms with Gasteiger partial charge in [0.2, 0.25) is 0 Å². The van der Waals surface area contributed by atoms with Crippen LogP contribution in [0.15, 0.2) is 6.07 Å². The highest BCUT2D eigenvalue weighted by atomic mass is 16.5. The molecule has 2 rings (SSSR count). The fraction of sp³-hybridized carbons (Fsp3) is 0.588. The van der Waals surface area contributed by atoms with Crippen molar-refractivity contribution in [3.63, 3.8) is 0 Å². The molecule has 3 N–H and O–H groups in total. The zero-order valence-electron chi connectivity index (χ0n) is 13.9. The van der Waals surface area contributed by atoms with E-state index in [4.69, 9.17) is 15.2 Å². The van der Waals surface area contributed by atoms with Crippen LogP contribution in [-0.2, 0) is 9.47 Å². The van der Waals surface area contributed by atoms with Crippen LogP contribution in [0.4, 0.5) is 5.69 Å². The number of rotatable bonds is 4. The quantitative estimate of drug-likeness (QED) is 0.657. The molecule has 1 saturated heterocycles. The standard InChI is InChI=1S/C17H26N2O3/c1-10-7-14(11(2)12(3)16(10)18)17(20)22-9-13-5-6-19-8-15(13)21-4/h7,13,15,19H,5-6,8-9,18H2,1-4H3. The number of anilines is 1. The van der Waals surface area contributed by atoms with Crippen LogP contribution < -0.4 is 11.1 Å². The first-order valence-corrected chi connectivity index (χ1v) is 7.72. The number of piperidine rings is 1. The molecule has 0 saturated carbocycles. The van der Waals surface area contributed by atoms with Crippen molar-refractivity contribution in [3.05, 3.63) is 28.3 Å². The van der Waals surface area contributed by atoms with Gasteiger partial charge in [-0.2, -0.15) is 0 Å². The lowest BCUT2D eigenvalue weighted by Crippen LogP contribution is -2.43. The average molecular weight is 306 g/mol. The number of nitrogens with one attached hydrogen (secondary N) is 1. The summed E-state index contributed by atoms with van der Waals surface area (Å²) in [5, 5.41) is 3.29. The Bertz CT molecular complexity index is 557. The van der Waals surface area contributed by atoms with E-state index in [1.54, 1.807) is 7.11 Å². The molecular weight excluding hydrogens is 280 g/mol. The van der Waals surface area contributed by atoms with Crippen molar-refractivity contribution in [1.82, 2.24) is 5.32 Å². The lowest BCUT2D eigenvalue weighted by Gasteiger charge is -2.30. The molecule has 0 bridgehead atoms. The van der Waals surface area contributed by atoms with E-state index in [0.29, 0.717) is 12.2 Å². The predicted molar refractivity (Wildman–Crippen MR) is 87.1 cm³/mol. The number of nitrogen functional groups attached to an aromatic ring is 1. The fourth-order valence-corrected chi connectivity index (χ4v) is 2.93. The van der Waals surface area contributed by atoms with Crippen LogP contribution in [0.3, 0.4) is 0 Å². The smallest absolute Gasteiger partial charge is 0.338 e. The summed E-state index contributed by atoms with van der Waals surface area (Å²) in [6, 6.07) is 1.82. The molecule has 5 heteroatoms. The Morgan fingerprint density at radius 2 is 2.09 bits per heavy atom. The Balaban J connectivity index is 2.06. The maximum Gasteiger partial charge on any atom is 0.338 e. The van der Waals surface area contributed by atoms with Crippen molar-refractivity contribution in [2.45, 2.75) is 33.3 Å². The monoisotopic (exact) mass is 306 g/mol. The summed E-state index contributed by atoms with van der Waals surface area (Å²) in [6.45, 7) is 7.87. The lowest BCUT2D eigenvalue weighted by molar-refractivity contribution is -0.00609. The molecule has 2 atom stereocenters. The Hall–Kier alpha value is -1.59. The number of ether oxygens (including phenoxy) is 2. The Morgan fingerprint density at radius 1 is 1.36 bits per heavy atom. The van der Waals surface area contributed by atoms with Gasteiger partial charge in [0.1, 0.15) is 0 Å². The Kier molecular flexibility index (Phi) is 5.42. The van der Waals surface area contributed by atoms with Gasteiger partial charge < -0.3 is 20.5 Å². The number of esters is 1. The van der Waals surface area contributed by atoms with E-state index in [2.05, 4.69) is 5.32 Å². The second-order valence-corrected chi connectivity index (χ2v) is 6.03. The van der Waals surface area contributed by atoms with Crippen LogP contribution in [0.25, 0.3) is 0 Å². The number of benzene rings is 1. The molecule has 22 heavy (non-hydrogen) atoms. The fourth-order valence-electron chi connectivity index (χ4n) is 2.93. The molecule has 0 amide bonds. The molecular formula is C17H26N2O3. The Morgan fingerprint density at radius 3 is 2.77 bits per heavy atom. The van der Waals surface area contributed by atoms with Gasteiger partial charge in [0.05, 0.1) is 18.3 Å². The predicted octanol–water partition coefficient (Wildman–Crippen LogP) is 1.98. The van der Waals surface area contributed by atoms with Crippen molar-refractivity contribution in [2.24, 2.45) is 5.92 Å². The van der Waals surface area contributed by atoms with E-state index in [-0.39, 0.29) is 18.0 Å². The van der Waals surface area contributed by atoms with Crippen LogP contribution in [0, 0.1) is 26.7 Å². The molecule has 2 unspecified atom stereocenters. The van der Waals surface area contributed by atoms with Gasteiger partial charge >= 0.3 is 5.97 Å². The van der Waals surface area contributed by atoms with E-state index in [1.165, 1.54) is 0 Å². The molecule has 0 aromatic heterocycles. The third-order valence-electron chi connectivity index (χ3n) is 4.67. The average Bonchev–Trinajstić information content (AvgIpc) is 2.54. The molecule has 0 radical (unpaired) electrons. The first-order valence-electron chi connectivity index (χ1n) is 7.72. The van der Waals surface area contributed by atoms with Gasteiger partial charge in [0.25, 0.3) is 0 Å². The summed E-state index contributed by atoms with van der Waals surface area (Å²) in [5.41, 5.74) is 10.1. The van der Waals surface area contributed by atoms with Gasteiger partial charge in [-0.25, -0.2) is 4.79 Å². The van der Waals surface area contributed by atoms with Gasteiger partial charge in [-0.1, -0.05) is 0 Å². The largest absolute Gasteiger partial charge is 0.462 e. The molecule has 1 aliphatic rings. The number of aryl methyl sites for hydroxylation is 1. The van der Waals surface area contributed by atoms with Gasteiger partial charge in [-0.15, -0.1) is 0 Å². The summed E-state index contributed by atoms with van der Waals surface area (Å²) in [4.78, 5) is 12.4. The van der Waals surface area contributed by atoms with Crippen LogP contribution in [0.2, 0.25) is 0 Å². The third-order valence-corrected chi connectivity index (χ3v) is 4.67. The molecule has 1 heterocycles. The van der Waals surface area contributed by atoms with E-state index in [9.17, 15) is 4.79 Å². The minimum Gasteiger partial charge on any atom is -0.462 e. The second kappa shape index (κ2) is 7.11. The normalized spacial score (nSPS) is 21.6. The topological polar surface area (TPSA) is 73.6 Å². The summed E-state index contributed by atoms with van der Waals surface area (Å²) in [7, 11) is 1.70. The highest BCUT2D eigenvalue weighted by Crippen LogP contribution is 2.25. The summed E-state index contributed by atoms with van der Waals surface area (Å²) < 4.78 is 11.0. The minimum absolute atomic E-state index is 0.0949. The summed E-state index contributed by atoms with van der Waals surface area (Å²) in [5.74, 6) is -0.0384. The Labute approximate surface area is 132 Å². The van der Waals surface area contributed by atoms with Crippen LogP contribution >= 0.6 is 0 Å². The zero-order valence-corrected chi connectivity index (χ0v) is 13.9. The second-order valence-electron chi connectivity index (χ2n) is 6.03. The lowest BCUT2D eigenvalue weighted by atomic mass is 9.95. The molecule has 0 spiro atoms. The number of carbonyl (C=O) groups is 1. The molecule has 122 valence electrons. The maximum absolute atomic E-state index is 12.4. The SMILES string of the molecule is COC1CNCCC1COC(=O)c1cc(C)c(N)c(C)c1C. The van der Waals surface area contributed by atoms with Crippen molar-refractivity contribution < 1.29 is 14.3 Å². The molecule has 5 nitrogen and oxygen atoms in total. The van der Waals surface area contributed by atoms with Gasteiger partial charge in [0.15, 0.2) is 0 Å². The number of hydrogen-bond acceptors (Lipinski definition) is 5. The number of carbonyl (C=O) groups excluding carboxylic acids is 1. The van der Waals surface area contributed by atoms with Crippen LogP contribution in [0.5, 0.6) is 0 Å². The number of hydrogen-bond donors (Lipinski definition) is 2. The van der Waals surface area contributed by atoms with Gasteiger partial charge in [-0.3, -0.25) is 0 Å². The molecule has 1 aromatic carbocycles. The van der Waals surface area contributed by atoms with E-state index in [0.717, 1.165) is 41.9 Å². The molecule has 1 aliphatic heterocycles. The van der Waals surface area contributed by atoms with Crippen LogP contribution in [-0.4, -0.2) is 38.9 Å². The van der Waals surface area contributed by atoms with Crippen LogP contribution in [0.1, 0.15) is 33.5 Å². The zero-order chi connectivity index (χ0) is 16.3. The van der Waals surface area contributed by atoms with E-state index >= 15 is 0 Å². The minimum atomic E-state index is -0.280. The van der Waals surface area contributed by atoms with Crippen molar-refractivity contribution >= 4 is 11.7 Å². The highest BCUT2D eigenvalue weighted by molar-refractivity contribution is 5.92. The number of methoxy groups -OCH3 is 1. The third kappa shape index (κ3) is 3.42. The molecule has 1 aromatic rings. The molecule has 1 fully saturated rings. The van der Waals surface area contributed by atoms with Gasteiger partial charge in [-0.05, 0) is 56.5 Å².